The van der Waals surface area contributed by atoms with Gasteiger partial charge >= 0.3 is 5.97 Å². The van der Waals surface area contributed by atoms with E-state index in [1.807, 2.05) is 45.2 Å². The Morgan fingerprint density at radius 1 is 1.14 bits per heavy atom. The summed E-state index contributed by atoms with van der Waals surface area (Å²) < 4.78 is 0. The van der Waals surface area contributed by atoms with Crippen molar-refractivity contribution in [3.05, 3.63) is 48.2 Å². The molecule has 0 saturated carbocycles. The average Bonchev–Trinajstić information content (AvgIpc) is 3.16. The summed E-state index contributed by atoms with van der Waals surface area (Å²) in [5, 5.41) is 22.1. The van der Waals surface area contributed by atoms with Crippen LogP contribution in [0.25, 0.3) is 11.1 Å². The third-order valence-electron chi connectivity index (χ3n) is 3.95. The number of H-pyrrole nitrogens is 1. The van der Waals surface area contributed by atoms with E-state index in [1.165, 1.54) is 0 Å². The van der Waals surface area contributed by atoms with Crippen LogP contribution in [0.3, 0.4) is 0 Å². The SMILES string of the molecule is CC(C)C[C@@H](Cc1nn[nH]n1)C(=O)O.Cc1ccc(-c2ccc(N)nc2)cn1. The van der Waals surface area contributed by atoms with E-state index >= 15 is 0 Å². The van der Waals surface area contributed by atoms with Crippen LogP contribution in [0, 0.1) is 18.8 Å². The van der Waals surface area contributed by atoms with Crippen LogP contribution in [0.1, 0.15) is 31.8 Å². The highest BCUT2D eigenvalue weighted by Crippen LogP contribution is 2.18. The second kappa shape index (κ2) is 10.1. The number of nitrogens with zero attached hydrogens (tertiary/aromatic N) is 5. The quantitative estimate of drug-likeness (QED) is 0.589. The number of nitrogens with one attached hydrogen (secondary N) is 1. The topological polar surface area (TPSA) is 144 Å². The summed E-state index contributed by atoms with van der Waals surface area (Å²) in [6.07, 6.45) is 4.55. The molecule has 148 valence electrons. The van der Waals surface area contributed by atoms with Crippen molar-refractivity contribution < 1.29 is 9.90 Å². The lowest BCUT2D eigenvalue weighted by Crippen LogP contribution is -2.19. The van der Waals surface area contributed by atoms with Crippen molar-refractivity contribution in [1.82, 2.24) is 30.6 Å². The Bertz CT molecular complexity index is 804. The smallest absolute Gasteiger partial charge is 0.306 e. The van der Waals surface area contributed by atoms with Crippen molar-refractivity contribution in [2.24, 2.45) is 11.8 Å². The number of aromatic amines is 1. The zero-order chi connectivity index (χ0) is 20.5. The summed E-state index contributed by atoms with van der Waals surface area (Å²) in [6.45, 7) is 5.95. The molecule has 0 aliphatic rings. The van der Waals surface area contributed by atoms with Crippen molar-refractivity contribution in [2.45, 2.75) is 33.6 Å². The van der Waals surface area contributed by atoms with Gasteiger partial charge in [-0.15, -0.1) is 10.2 Å². The van der Waals surface area contributed by atoms with E-state index in [4.69, 9.17) is 10.8 Å². The number of aromatic nitrogens is 6. The number of carboxylic acid groups (broad SMARTS) is 1. The van der Waals surface area contributed by atoms with Gasteiger partial charge in [0.2, 0.25) is 0 Å². The summed E-state index contributed by atoms with van der Waals surface area (Å²) in [7, 11) is 0. The molecule has 0 amide bonds. The van der Waals surface area contributed by atoms with Gasteiger partial charge in [-0.05, 0) is 37.5 Å². The van der Waals surface area contributed by atoms with Gasteiger partial charge in [0, 0.05) is 35.6 Å². The number of tetrazole rings is 1. The second-order valence-electron chi connectivity index (χ2n) is 6.86. The van der Waals surface area contributed by atoms with Crippen molar-refractivity contribution in [1.29, 1.82) is 0 Å². The predicted octanol–water partition coefficient (Wildman–Crippen LogP) is 2.52. The highest BCUT2D eigenvalue weighted by atomic mass is 16.4. The van der Waals surface area contributed by atoms with Gasteiger partial charge in [-0.25, -0.2) is 4.98 Å². The lowest BCUT2D eigenvalue weighted by Gasteiger charge is -2.11. The molecule has 0 fully saturated rings. The third-order valence-corrected chi connectivity index (χ3v) is 3.95. The fourth-order valence-corrected chi connectivity index (χ4v) is 2.54. The van der Waals surface area contributed by atoms with Crippen molar-refractivity contribution in [3.8, 4) is 11.1 Å². The maximum absolute atomic E-state index is 10.9. The van der Waals surface area contributed by atoms with Crippen LogP contribution < -0.4 is 5.73 Å². The fourth-order valence-electron chi connectivity index (χ4n) is 2.54. The Labute approximate surface area is 163 Å². The van der Waals surface area contributed by atoms with Crippen LogP contribution in [-0.2, 0) is 11.2 Å². The molecule has 0 spiro atoms. The van der Waals surface area contributed by atoms with Crippen molar-refractivity contribution >= 4 is 11.8 Å². The number of carboxylic acids is 1. The number of anilines is 1. The van der Waals surface area contributed by atoms with Crippen LogP contribution in [-0.4, -0.2) is 41.7 Å². The van der Waals surface area contributed by atoms with E-state index in [0.717, 1.165) is 16.8 Å². The molecule has 9 nitrogen and oxygen atoms in total. The van der Waals surface area contributed by atoms with Gasteiger partial charge < -0.3 is 10.8 Å². The van der Waals surface area contributed by atoms with Gasteiger partial charge in [0.1, 0.15) is 5.82 Å². The molecular formula is C19H25N7O2. The average molecular weight is 383 g/mol. The van der Waals surface area contributed by atoms with E-state index in [0.29, 0.717) is 30.4 Å². The number of aliphatic carboxylic acids is 1. The molecule has 0 aliphatic carbocycles. The Hall–Kier alpha value is -3.36. The van der Waals surface area contributed by atoms with E-state index in [1.54, 1.807) is 12.3 Å². The monoisotopic (exact) mass is 383 g/mol. The predicted molar refractivity (Wildman–Crippen MR) is 105 cm³/mol. The zero-order valence-electron chi connectivity index (χ0n) is 16.2. The Morgan fingerprint density at radius 2 is 1.82 bits per heavy atom. The first kappa shape index (κ1) is 20.9. The molecule has 3 heterocycles. The zero-order valence-corrected chi connectivity index (χ0v) is 16.2. The van der Waals surface area contributed by atoms with Crippen LogP contribution in [0.15, 0.2) is 36.7 Å². The molecule has 0 unspecified atom stereocenters. The van der Waals surface area contributed by atoms with Gasteiger partial charge in [-0.2, -0.15) is 5.21 Å². The summed E-state index contributed by atoms with van der Waals surface area (Å²) >= 11 is 0. The number of nitrogen functional groups attached to an aromatic ring is 1. The van der Waals surface area contributed by atoms with E-state index in [2.05, 4.69) is 30.6 Å². The standard InChI is InChI=1S/C11H11N3.C8H14N4O2/c1-8-2-3-9(6-13-8)10-4-5-11(12)14-7-10;1-5(2)3-6(8(13)14)4-7-9-11-12-10-7/h2-7H,1H3,(H2,12,14);5-6H,3-4H2,1-2H3,(H,13,14)(H,9,10,11,12)/t;6-/m.0/s1. The molecule has 0 radical (unpaired) electrons. The molecule has 3 aromatic heterocycles. The number of rotatable bonds is 6. The number of nitrogens with two attached hydrogens (primary N) is 1. The highest BCUT2D eigenvalue weighted by molar-refractivity contribution is 5.70. The summed E-state index contributed by atoms with van der Waals surface area (Å²) in [5.41, 5.74) is 8.61. The minimum absolute atomic E-state index is 0.337. The van der Waals surface area contributed by atoms with E-state index < -0.39 is 11.9 Å². The van der Waals surface area contributed by atoms with Gasteiger partial charge in [0.05, 0.1) is 5.92 Å². The summed E-state index contributed by atoms with van der Waals surface area (Å²) in [5.74, 6) is 0.117. The number of pyridine rings is 2. The van der Waals surface area contributed by atoms with Crippen LogP contribution in [0.4, 0.5) is 5.82 Å². The molecule has 0 aromatic carbocycles. The largest absolute Gasteiger partial charge is 0.481 e. The molecule has 0 bridgehead atoms. The number of aryl methyl sites for hydroxylation is 1. The maximum Gasteiger partial charge on any atom is 0.306 e. The number of hydrogen-bond acceptors (Lipinski definition) is 7. The number of carbonyl (C=O) groups is 1. The van der Waals surface area contributed by atoms with Gasteiger partial charge in [0.25, 0.3) is 0 Å². The third kappa shape index (κ3) is 6.75. The maximum atomic E-state index is 10.9. The molecule has 4 N–H and O–H groups in total. The summed E-state index contributed by atoms with van der Waals surface area (Å²) in [6, 6.07) is 7.73. The van der Waals surface area contributed by atoms with Crippen LogP contribution in [0.5, 0.6) is 0 Å². The van der Waals surface area contributed by atoms with Gasteiger partial charge in [-0.3, -0.25) is 9.78 Å². The normalized spacial score (nSPS) is 11.6. The first-order valence-electron chi connectivity index (χ1n) is 8.94. The second-order valence-corrected chi connectivity index (χ2v) is 6.86. The van der Waals surface area contributed by atoms with Gasteiger partial charge in [-0.1, -0.05) is 25.1 Å². The molecule has 0 aliphatic heterocycles. The highest BCUT2D eigenvalue weighted by Gasteiger charge is 2.21. The van der Waals surface area contributed by atoms with Crippen LogP contribution >= 0.6 is 0 Å². The van der Waals surface area contributed by atoms with Crippen molar-refractivity contribution in [3.63, 3.8) is 0 Å². The lowest BCUT2D eigenvalue weighted by molar-refractivity contribution is -0.142. The Morgan fingerprint density at radius 3 is 2.29 bits per heavy atom. The lowest BCUT2D eigenvalue weighted by atomic mass is 9.94. The molecule has 3 rings (SSSR count). The first-order chi connectivity index (χ1) is 13.3. The minimum Gasteiger partial charge on any atom is -0.481 e. The van der Waals surface area contributed by atoms with Crippen molar-refractivity contribution in [2.75, 3.05) is 5.73 Å². The number of hydrogen-bond donors (Lipinski definition) is 3. The van der Waals surface area contributed by atoms with Crippen LogP contribution in [0.2, 0.25) is 0 Å². The minimum atomic E-state index is -0.802. The Balaban J connectivity index is 0.000000200. The van der Waals surface area contributed by atoms with E-state index in [9.17, 15) is 4.79 Å². The Kier molecular flexibility index (Phi) is 7.55. The van der Waals surface area contributed by atoms with E-state index in [-0.39, 0.29) is 0 Å². The molecule has 1 atom stereocenters. The summed E-state index contributed by atoms with van der Waals surface area (Å²) in [4.78, 5) is 19.1. The molecule has 28 heavy (non-hydrogen) atoms. The molecule has 0 saturated heterocycles. The fraction of sp³-hybridized carbons (Fsp3) is 0.368. The first-order valence-corrected chi connectivity index (χ1v) is 8.94. The molecule has 9 heteroatoms. The van der Waals surface area contributed by atoms with Gasteiger partial charge in [0.15, 0.2) is 5.82 Å². The molecular weight excluding hydrogens is 358 g/mol. The molecule has 3 aromatic rings.